The van der Waals surface area contributed by atoms with Crippen LogP contribution in [-0.2, 0) is 0 Å². The maximum atomic E-state index is 11.8. The van der Waals surface area contributed by atoms with Gasteiger partial charge in [-0.05, 0) is 0 Å². The number of rotatable bonds is 2. The lowest BCUT2D eigenvalue weighted by molar-refractivity contribution is 0.101. The lowest BCUT2D eigenvalue weighted by atomic mass is 10.2. The van der Waals surface area contributed by atoms with Crippen LogP contribution in [0.4, 0.5) is 11.6 Å². The average Bonchev–Trinajstić information content (AvgIpc) is 2.98. The second-order valence-corrected chi connectivity index (χ2v) is 4.09. The fourth-order valence-corrected chi connectivity index (χ4v) is 1.77. The number of nitrogens with one attached hydrogen (secondary N) is 2. The molecule has 0 unspecified atom stereocenters. The molecule has 0 saturated heterocycles. The average molecular weight is 282 g/mol. The molecule has 19 heavy (non-hydrogen) atoms. The Balaban J connectivity index is 1.85. The maximum absolute atomic E-state index is 11.8. The minimum atomic E-state index is -0.509. The molecule has 1 aliphatic heterocycles. The van der Waals surface area contributed by atoms with Gasteiger partial charge in [-0.3, -0.25) is 9.89 Å². The van der Waals surface area contributed by atoms with Gasteiger partial charge in [0.1, 0.15) is 0 Å². The predicted octanol–water partition coefficient (Wildman–Crippen LogP) is 1.02. The van der Waals surface area contributed by atoms with Crippen LogP contribution in [0.25, 0.3) is 0 Å². The van der Waals surface area contributed by atoms with Crippen LogP contribution in [0, 0.1) is 0 Å². The third-order valence-corrected chi connectivity index (χ3v) is 2.74. The number of aromatic nitrogens is 3. The van der Waals surface area contributed by atoms with E-state index in [2.05, 4.69) is 20.5 Å². The van der Waals surface area contributed by atoms with E-state index in [1.807, 2.05) is 0 Å². The number of amides is 1. The summed E-state index contributed by atoms with van der Waals surface area (Å²) >= 11 is 6.02. The molecule has 98 valence electrons. The van der Waals surface area contributed by atoms with Crippen LogP contribution in [0.3, 0.4) is 0 Å². The summed E-state index contributed by atoms with van der Waals surface area (Å²) in [5.41, 5.74) is 5.70. The molecule has 0 saturated carbocycles. The van der Waals surface area contributed by atoms with Gasteiger partial charge in [0.2, 0.25) is 18.6 Å². The van der Waals surface area contributed by atoms with Crippen molar-refractivity contribution in [3.8, 4) is 11.5 Å². The number of H-pyrrole nitrogens is 1. The molecule has 0 atom stereocenters. The first-order valence-electron chi connectivity index (χ1n) is 5.22. The number of aromatic amines is 1. The van der Waals surface area contributed by atoms with Gasteiger partial charge >= 0.3 is 0 Å². The van der Waals surface area contributed by atoms with Crippen molar-refractivity contribution in [2.45, 2.75) is 0 Å². The minimum absolute atomic E-state index is 0.00812. The number of nitrogens with zero attached hydrogens (tertiary/aromatic N) is 2. The van der Waals surface area contributed by atoms with Gasteiger partial charge in [-0.1, -0.05) is 11.6 Å². The number of nitrogens with two attached hydrogens (primary N) is 1. The Morgan fingerprint density at radius 3 is 2.84 bits per heavy atom. The van der Waals surface area contributed by atoms with Crippen LogP contribution >= 0.6 is 11.6 Å². The van der Waals surface area contributed by atoms with Crippen LogP contribution in [0.15, 0.2) is 12.1 Å². The first-order valence-corrected chi connectivity index (χ1v) is 5.59. The summed E-state index contributed by atoms with van der Waals surface area (Å²) in [5.74, 6) is 0.516. The first-order chi connectivity index (χ1) is 9.13. The molecular weight excluding hydrogens is 274 g/mol. The van der Waals surface area contributed by atoms with E-state index in [0.717, 1.165) is 0 Å². The van der Waals surface area contributed by atoms with Gasteiger partial charge in [0.15, 0.2) is 11.5 Å². The lowest BCUT2D eigenvalue weighted by Gasteiger charge is -2.06. The third-order valence-electron chi connectivity index (χ3n) is 2.43. The van der Waals surface area contributed by atoms with E-state index >= 15 is 0 Å². The molecule has 1 aromatic carbocycles. The van der Waals surface area contributed by atoms with Crippen molar-refractivity contribution in [2.75, 3.05) is 17.8 Å². The molecule has 4 N–H and O–H groups in total. The van der Waals surface area contributed by atoms with Crippen molar-refractivity contribution in [1.29, 1.82) is 0 Å². The smallest absolute Gasteiger partial charge is 0.293 e. The second-order valence-electron chi connectivity index (χ2n) is 3.68. The van der Waals surface area contributed by atoms with E-state index in [-0.39, 0.29) is 18.6 Å². The molecule has 8 nitrogen and oxygen atoms in total. The Morgan fingerprint density at radius 2 is 2.16 bits per heavy atom. The molecule has 1 aliphatic rings. The number of anilines is 2. The highest BCUT2D eigenvalue weighted by Gasteiger charge is 2.19. The van der Waals surface area contributed by atoms with Crippen LogP contribution in [-0.4, -0.2) is 27.9 Å². The van der Waals surface area contributed by atoms with E-state index in [0.29, 0.717) is 22.2 Å². The molecular formula is C10H8ClN5O3. The number of hydrogen-bond acceptors (Lipinski definition) is 6. The van der Waals surface area contributed by atoms with Crippen LogP contribution in [0.2, 0.25) is 5.02 Å². The lowest BCUT2D eigenvalue weighted by Crippen LogP contribution is -2.14. The molecule has 0 aliphatic carbocycles. The number of carbonyl (C=O) groups is 1. The first kappa shape index (κ1) is 11.6. The second kappa shape index (κ2) is 4.32. The van der Waals surface area contributed by atoms with Crippen molar-refractivity contribution < 1.29 is 14.3 Å². The predicted molar refractivity (Wildman–Crippen MR) is 66.3 cm³/mol. The van der Waals surface area contributed by atoms with E-state index in [9.17, 15) is 4.79 Å². The fourth-order valence-electron chi connectivity index (χ4n) is 1.57. The molecule has 2 aromatic rings. The highest BCUT2D eigenvalue weighted by Crippen LogP contribution is 2.39. The quantitative estimate of drug-likeness (QED) is 0.757. The number of hydrogen-bond donors (Lipinski definition) is 3. The highest BCUT2D eigenvalue weighted by atomic mass is 35.5. The number of fused-ring (bicyclic) bond motifs is 1. The Hall–Kier alpha value is -2.48. The molecule has 0 fully saturated rings. The van der Waals surface area contributed by atoms with Gasteiger partial charge in [-0.25, -0.2) is 0 Å². The van der Waals surface area contributed by atoms with Gasteiger partial charge in [0.25, 0.3) is 5.91 Å². The summed E-state index contributed by atoms with van der Waals surface area (Å²) in [4.78, 5) is 15.6. The zero-order chi connectivity index (χ0) is 13.4. The largest absolute Gasteiger partial charge is 0.454 e. The van der Waals surface area contributed by atoms with Gasteiger partial charge in [0, 0.05) is 12.1 Å². The summed E-state index contributed by atoms with van der Waals surface area (Å²) in [6.45, 7) is 0.127. The minimum Gasteiger partial charge on any atom is -0.454 e. The monoisotopic (exact) mass is 281 g/mol. The van der Waals surface area contributed by atoms with Crippen molar-refractivity contribution in [3.05, 3.63) is 23.0 Å². The number of benzene rings is 1. The van der Waals surface area contributed by atoms with Gasteiger partial charge in [-0.2, -0.15) is 4.98 Å². The van der Waals surface area contributed by atoms with E-state index < -0.39 is 5.91 Å². The Labute approximate surface area is 111 Å². The number of nitrogen functional groups attached to an aromatic ring is 1. The molecule has 0 bridgehead atoms. The molecule has 9 heteroatoms. The number of ether oxygens (including phenoxy) is 2. The standard InChI is InChI=1S/C10H8ClN5O3/c11-4-1-6-7(19-3-18-6)2-5(4)13-9(17)8-14-10(12)16-15-8/h1-2H,3H2,(H,13,17)(H3,12,14,15,16). The third kappa shape index (κ3) is 2.13. The molecule has 1 amide bonds. The number of halogens is 1. The highest BCUT2D eigenvalue weighted by molar-refractivity contribution is 6.34. The summed E-state index contributed by atoms with van der Waals surface area (Å²) < 4.78 is 10.4. The van der Waals surface area contributed by atoms with Crippen LogP contribution < -0.4 is 20.5 Å². The Bertz CT molecular complexity index is 657. The molecule has 2 heterocycles. The SMILES string of the molecule is Nc1n[nH]c(C(=O)Nc2cc3c(cc2Cl)OCO3)n1. The molecule has 0 radical (unpaired) electrons. The van der Waals surface area contributed by atoms with Crippen molar-refractivity contribution in [3.63, 3.8) is 0 Å². The summed E-state index contributed by atoms with van der Waals surface area (Å²) in [6, 6.07) is 3.14. The van der Waals surface area contributed by atoms with Gasteiger partial charge in [-0.15, -0.1) is 5.10 Å². The molecule has 1 aromatic heterocycles. The van der Waals surface area contributed by atoms with Gasteiger partial charge < -0.3 is 20.5 Å². The summed E-state index contributed by atoms with van der Waals surface area (Å²) in [5, 5.41) is 8.86. The van der Waals surface area contributed by atoms with Crippen molar-refractivity contribution in [2.24, 2.45) is 0 Å². The molecule has 3 rings (SSSR count). The molecule has 0 spiro atoms. The van der Waals surface area contributed by atoms with E-state index in [1.165, 1.54) is 0 Å². The Morgan fingerprint density at radius 1 is 1.42 bits per heavy atom. The van der Waals surface area contributed by atoms with Crippen molar-refractivity contribution in [1.82, 2.24) is 15.2 Å². The Kier molecular flexibility index (Phi) is 2.64. The van der Waals surface area contributed by atoms with E-state index in [4.69, 9.17) is 26.8 Å². The normalized spacial score (nSPS) is 12.5. The van der Waals surface area contributed by atoms with E-state index in [1.54, 1.807) is 12.1 Å². The van der Waals surface area contributed by atoms with Gasteiger partial charge in [0.05, 0.1) is 10.7 Å². The topological polar surface area (TPSA) is 115 Å². The maximum Gasteiger partial charge on any atom is 0.293 e. The zero-order valence-electron chi connectivity index (χ0n) is 9.44. The van der Waals surface area contributed by atoms with Crippen LogP contribution in [0.1, 0.15) is 10.6 Å². The number of carbonyl (C=O) groups excluding carboxylic acids is 1. The van der Waals surface area contributed by atoms with Crippen molar-refractivity contribution >= 4 is 29.1 Å². The fraction of sp³-hybridized carbons (Fsp3) is 0.100. The summed E-state index contributed by atoms with van der Waals surface area (Å²) in [6.07, 6.45) is 0. The zero-order valence-corrected chi connectivity index (χ0v) is 10.2. The summed E-state index contributed by atoms with van der Waals surface area (Å²) in [7, 11) is 0. The van der Waals surface area contributed by atoms with Crippen LogP contribution in [0.5, 0.6) is 11.5 Å².